The highest BCUT2D eigenvalue weighted by Crippen LogP contribution is 2.16. The minimum absolute atomic E-state index is 0.486. The van der Waals surface area contributed by atoms with E-state index in [9.17, 15) is 0 Å². The lowest BCUT2D eigenvalue weighted by atomic mass is 10.1. The lowest BCUT2D eigenvalue weighted by Crippen LogP contribution is -2.07. The molecule has 0 spiro atoms. The second kappa shape index (κ2) is 5.14. The summed E-state index contributed by atoms with van der Waals surface area (Å²) in [7, 11) is 0. The number of aromatic nitrogens is 3. The smallest absolute Gasteiger partial charge is 0.177 e. The minimum Gasteiger partial charge on any atom is -0.337 e. The molecule has 2 rings (SSSR count). The molecule has 3 nitrogen and oxygen atoms in total. The van der Waals surface area contributed by atoms with Crippen molar-refractivity contribution in [2.75, 3.05) is 0 Å². The van der Waals surface area contributed by atoms with Gasteiger partial charge in [0.1, 0.15) is 0 Å². The number of nitrogens with zero attached hydrogens (tertiary/aromatic N) is 2. The van der Waals surface area contributed by atoms with E-state index in [2.05, 4.69) is 33.8 Å². The van der Waals surface area contributed by atoms with Crippen LogP contribution >= 0.6 is 23.6 Å². The fourth-order valence-electron chi connectivity index (χ4n) is 1.87. The van der Waals surface area contributed by atoms with Gasteiger partial charge in [-0.3, -0.25) is 0 Å². The Kier molecular flexibility index (Phi) is 3.79. The van der Waals surface area contributed by atoms with Crippen molar-refractivity contribution in [3.63, 3.8) is 0 Å². The van der Waals surface area contributed by atoms with E-state index >= 15 is 0 Å². The molecule has 2 aromatic rings. The molecular formula is C12H17N3S2. The normalized spacial score (nSPS) is 11.3. The molecule has 0 saturated heterocycles. The Morgan fingerprint density at radius 3 is 2.88 bits per heavy atom. The third-order valence-corrected chi connectivity index (χ3v) is 3.91. The van der Waals surface area contributed by atoms with Crippen LogP contribution in [-0.2, 0) is 13.0 Å². The van der Waals surface area contributed by atoms with Gasteiger partial charge in [-0.25, -0.2) is 4.98 Å². The second-order valence-electron chi connectivity index (χ2n) is 4.43. The number of aryl methyl sites for hydroxylation is 2. The van der Waals surface area contributed by atoms with Gasteiger partial charge in [0.15, 0.2) is 4.77 Å². The molecular weight excluding hydrogens is 250 g/mol. The summed E-state index contributed by atoms with van der Waals surface area (Å²) >= 11 is 7.00. The topological polar surface area (TPSA) is 33.6 Å². The number of aromatic amines is 1. The summed E-state index contributed by atoms with van der Waals surface area (Å²) in [6.07, 6.45) is 2.95. The maximum absolute atomic E-state index is 5.30. The number of imidazole rings is 1. The number of hydrogen-bond acceptors (Lipinski definition) is 3. The third kappa shape index (κ3) is 2.84. The number of rotatable bonds is 4. The van der Waals surface area contributed by atoms with E-state index < -0.39 is 0 Å². The Labute approximate surface area is 111 Å². The zero-order valence-electron chi connectivity index (χ0n) is 10.4. The summed E-state index contributed by atoms with van der Waals surface area (Å²) in [5.41, 5.74) is 2.42. The van der Waals surface area contributed by atoms with Crippen molar-refractivity contribution in [2.45, 2.75) is 39.7 Å². The molecule has 0 aliphatic heterocycles. The van der Waals surface area contributed by atoms with Gasteiger partial charge >= 0.3 is 0 Å². The van der Waals surface area contributed by atoms with Gasteiger partial charge in [-0.1, -0.05) is 13.8 Å². The number of nitrogens with one attached hydrogen (secondary N) is 1. The first-order valence-electron chi connectivity index (χ1n) is 5.77. The molecule has 2 aromatic heterocycles. The van der Waals surface area contributed by atoms with Crippen LogP contribution in [0.5, 0.6) is 0 Å². The molecule has 0 unspecified atom stereocenters. The van der Waals surface area contributed by atoms with Gasteiger partial charge in [-0.15, -0.1) is 11.3 Å². The molecule has 0 saturated carbocycles. The van der Waals surface area contributed by atoms with Crippen LogP contribution in [0.2, 0.25) is 0 Å². The van der Waals surface area contributed by atoms with Gasteiger partial charge in [0.25, 0.3) is 0 Å². The summed E-state index contributed by atoms with van der Waals surface area (Å²) in [5, 5.41) is 3.25. The average Bonchev–Trinajstić information content (AvgIpc) is 2.82. The fraction of sp³-hybridized carbons (Fsp3) is 0.500. The SMILES string of the molecule is Cc1nc(CCn2c(C(C)C)c[nH]c2=S)cs1. The third-order valence-electron chi connectivity index (χ3n) is 2.75. The molecule has 0 aliphatic carbocycles. The van der Waals surface area contributed by atoms with Crippen molar-refractivity contribution in [2.24, 2.45) is 0 Å². The molecule has 0 radical (unpaired) electrons. The summed E-state index contributed by atoms with van der Waals surface area (Å²) in [4.78, 5) is 7.60. The van der Waals surface area contributed by atoms with Crippen molar-refractivity contribution in [3.05, 3.63) is 32.7 Å². The van der Waals surface area contributed by atoms with E-state index in [1.165, 1.54) is 5.69 Å². The van der Waals surface area contributed by atoms with Gasteiger partial charge in [0.2, 0.25) is 0 Å². The lowest BCUT2D eigenvalue weighted by Gasteiger charge is -2.09. The van der Waals surface area contributed by atoms with Crippen molar-refractivity contribution in [1.29, 1.82) is 0 Å². The maximum Gasteiger partial charge on any atom is 0.177 e. The molecule has 0 aromatic carbocycles. The highest BCUT2D eigenvalue weighted by atomic mass is 32.1. The largest absolute Gasteiger partial charge is 0.337 e. The number of hydrogen-bond donors (Lipinski definition) is 1. The van der Waals surface area contributed by atoms with E-state index in [-0.39, 0.29) is 0 Å². The summed E-state index contributed by atoms with van der Waals surface area (Å²) in [5.74, 6) is 0.486. The van der Waals surface area contributed by atoms with Crippen LogP contribution in [0.1, 0.15) is 36.2 Å². The summed E-state index contributed by atoms with van der Waals surface area (Å²) < 4.78 is 2.98. The Bertz CT molecular complexity index is 548. The molecule has 5 heteroatoms. The van der Waals surface area contributed by atoms with Crippen LogP contribution in [0.25, 0.3) is 0 Å². The van der Waals surface area contributed by atoms with Crippen molar-refractivity contribution in [3.8, 4) is 0 Å². The minimum atomic E-state index is 0.486. The van der Waals surface area contributed by atoms with Gasteiger partial charge in [0.05, 0.1) is 10.7 Å². The van der Waals surface area contributed by atoms with Crippen molar-refractivity contribution in [1.82, 2.24) is 14.5 Å². The lowest BCUT2D eigenvalue weighted by molar-refractivity contribution is 0.622. The van der Waals surface area contributed by atoms with E-state index in [0.29, 0.717) is 5.92 Å². The number of thiazole rings is 1. The predicted octanol–water partition coefficient (Wildman–Crippen LogP) is 3.68. The summed E-state index contributed by atoms with van der Waals surface area (Å²) in [6.45, 7) is 7.30. The quantitative estimate of drug-likeness (QED) is 0.857. The molecule has 0 bridgehead atoms. The molecule has 0 amide bonds. The molecule has 2 heterocycles. The van der Waals surface area contributed by atoms with E-state index in [0.717, 1.165) is 28.4 Å². The summed E-state index contributed by atoms with van der Waals surface area (Å²) in [6, 6.07) is 0. The van der Waals surface area contributed by atoms with E-state index in [1.54, 1.807) is 11.3 Å². The van der Waals surface area contributed by atoms with Gasteiger partial charge in [0, 0.05) is 30.2 Å². The average molecular weight is 267 g/mol. The van der Waals surface area contributed by atoms with E-state index in [1.807, 2.05) is 13.1 Å². The highest BCUT2D eigenvalue weighted by Gasteiger charge is 2.08. The standard InChI is InChI=1S/C12H17N3S2/c1-8(2)11-6-13-12(16)15(11)5-4-10-7-17-9(3)14-10/h6-8H,4-5H2,1-3H3,(H,13,16). The Hall–Kier alpha value is -0.940. The molecule has 17 heavy (non-hydrogen) atoms. The molecule has 0 atom stereocenters. The fourth-order valence-corrected chi connectivity index (χ4v) is 2.77. The van der Waals surface area contributed by atoms with Gasteiger partial charge in [-0.05, 0) is 25.1 Å². The zero-order valence-corrected chi connectivity index (χ0v) is 12.0. The van der Waals surface area contributed by atoms with Gasteiger partial charge < -0.3 is 9.55 Å². The maximum atomic E-state index is 5.30. The van der Waals surface area contributed by atoms with Crippen LogP contribution in [0, 0.1) is 11.7 Å². The van der Waals surface area contributed by atoms with Gasteiger partial charge in [-0.2, -0.15) is 0 Å². The van der Waals surface area contributed by atoms with Crippen molar-refractivity contribution < 1.29 is 0 Å². The monoisotopic (exact) mass is 267 g/mol. The molecule has 0 fully saturated rings. The van der Waals surface area contributed by atoms with Crippen LogP contribution in [0.15, 0.2) is 11.6 Å². The molecule has 1 N–H and O–H groups in total. The first-order valence-corrected chi connectivity index (χ1v) is 7.06. The zero-order chi connectivity index (χ0) is 12.4. The Morgan fingerprint density at radius 2 is 2.29 bits per heavy atom. The van der Waals surface area contributed by atoms with Crippen LogP contribution in [-0.4, -0.2) is 14.5 Å². The van der Waals surface area contributed by atoms with Crippen LogP contribution in [0.3, 0.4) is 0 Å². The molecule has 0 aliphatic rings. The second-order valence-corrected chi connectivity index (χ2v) is 5.88. The number of H-pyrrole nitrogens is 1. The van der Waals surface area contributed by atoms with E-state index in [4.69, 9.17) is 12.2 Å². The Morgan fingerprint density at radius 1 is 1.53 bits per heavy atom. The van der Waals surface area contributed by atoms with Crippen LogP contribution < -0.4 is 0 Å². The predicted molar refractivity (Wildman–Crippen MR) is 74.3 cm³/mol. The van der Waals surface area contributed by atoms with Crippen LogP contribution in [0.4, 0.5) is 0 Å². The van der Waals surface area contributed by atoms with Crippen molar-refractivity contribution >= 4 is 23.6 Å². The first kappa shape index (κ1) is 12.5. The first-order chi connectivity index (χ1) is 8.08. The highest BCUT2D eigenvalue weighted by molar-refractivity contribution is 7.71. The molecule has 92 valence electrons. The Balaban J connectivity index is 2.13.